The normalized spacial score (nSPS) is 12.1. The summed E-state index contributed by atoms with van der Waals surface area (Å²) in [5.74, 6) is 2.30. The van der Waals surface area contributed by atoms with E-state index < -0.39 is 0 Å². The molecule has 0 amide bonds. The second kappa shape index (κ2) is 5.41. The smallest absolute Gasteiger partial charge is 0.127 e. The lowest BCUT2D eigenvalue weighted by Gasteiger charge is -2.11. The van der Waals surface area contributed by atoms with Gasteiger partial charge in [-0.2, -0.15) is 0 Å². The third-order valence-corrected chi connectivity index (χ3v) is 2.14. The Morgan fingerprint density at radius 3 is 2.79 bits per heavy atom. The number of unbranched alkanes of at least 4 members (excludes halogenated alkanes) is 1. The Bertz CT molecular complexity index is 327. The van der Waals surface area contributed by atoms with Crippen LogP contribution in [0.3, 0.4) is 0 Å². The Balaban J connectivity index is 2.57. The highest BCUT2D eigenvalue weighted by Gasteiger charge is 2.09. The second-order valence-corrected chi connectivity index (χ2v) is 3.22. The average Bonchev–Trinajstić information content (AvgIpc) is 2.18. The highest BCUT2D eigenvalue weighted by Crippen LogP contribution is 2.19. The molecule has 1 aromatic carbocycles. The first-order valence-corrected chi connectivity index (χ1v) is 4.69. The van der Waals surface area contributed by atoms with Crippen LogP contribution < -0.4 is 5.73 Å². The van der Waals surface area contributed by atoms with Gasteiger partial charge in [-0.1, -0.05) is 18.2 Å². The molecule has 0 heterocycles. The molecule has 0 saturated heterocycles. The van der Waals surface area contributed by atoms with Crippen LogP contribution in [0, 0.1) is 18.2 Å². The zero-order chi connectivity index (χ0) is 10.4. The van der Waals surface area contributed by atoms with Gasteiger partial charge >= 0.3 is 0 Å². The Kier molecular flexibility index (Phi) is 4.15. The predicted molar refractivity (Wildman–Crippen MR) is 56.0 cm³/mol. The molecule has 1 atom stereocenters. The van der Waals surface area contributed by atoms with Crippen LogP contribution in [-0.4, -0.2) is 0 Å². The number of hydrogen-bond acceptors (Lipinski definition) is 1. The summed E-state index contributed by atoms with van der Waals surface area (Å²) in [5, 5.41) is 0. The van der Waals surface area contributed by atoms with Crippen LogP contribution in [0.2, 0.25) is 0 Å². The van der Waals surface area contributed by atoms with Crippen molar-refractivity contribution in [1.82, 2.24) is 0 Å². The summed E-state index contributed by atoms with van der Waals surface area (Å²) in [6, 6.07) is 6.35. The van der Waals surface area contributed by atoms with Crippen molar-refractivity contribution in [1.29, 1.82) is 0 Å². The zero-order valence-electron chi connectivity index (χ0n) is 8.04. The SMILES string of the molecule is C#CCCCC(N)c1ccccc1F. The molecular formula is C12H14FN. The fourth-order valence-corrected chi connectivity index (χ4v) is 1.36. The summed E-state index contributed by atoms with van der Waals surface area (Å²) in [7, 11) is 0. The first-order chi connectivity index (χ1) is 6.75. The minimum Gasteiger partial charge on any atom is -0.324 e. The van der Waals surface area contributed by atoms with E-state index in [1.54, 1.807) is 18.2 Å². The van der Waals surface area contributed by atoms with Gasteiger partial charge in [-0.05, 0) is 18.9 Å². The second-order valence-electron chi connectivity index (χ2n) is 3.22. The number of nitrogens with two attached hydrogens (primary N) is 1. The maximum absolute atomic E-state index is 13.2. The molecular weight excluding hydrogens is 177 g/mol. The molecule has 0 radical (unpaired) electrons. The number of benzene rings is 1. The Hall–Kier alpha value is -1.33. The van der Waals surface area contributed by atoms with E-state index in [-0.39, 0.29) is 11.9 Å². The van der Waals surface area contributed by atoms with Crippen LogP contribution >= 0.6 is 0 Å². The summed E-state index contributed by atoms with van der Waals surface area (Å²) in [6.07, 6.45) is 7.38. The van der Waals surface area contributed by atoms with Crippen LogP contribution in [0.1, 0.15) is 30.9 Å². The van der Waals surface area contributed by atoms with Crippen molar-refractivity contribution >= 4 is 0 Å². The van der Waals surface area contributed by atoms with E-state index in [0.29, 0.717) is 12.0 Å². The maximum Gasteiger partial charge on any atom is 0.127 e. The standard InChI is InChI=1S/C12H14FN/c1-2-3-4-9-12(14)10-7-5-6-8-11(10)13/h1,5-8,12H,3-4,9,14H2. The first-order valence-electron chi connectivity index (χ1n) is 4.69. The van der Waals surface area contributed by atoms with Crippen molar-refractivity contribution in [3.63, 3.8) is 0 Å². The van der Waals surface area contributed by atoms with Gasteiger partial charge < -0.3 is 5.73 Å². The third kappa shape index (κ3) is 2.86. The summed E-state index contributed by atoms with van der Waals surface area (Å²) in [4.78, 5) is 0. The fourth-order valence-electron chi connectivity index (χ4n) is 1.36. The highest BCUT2D eigenvalue weighted by atomic mass is 19.1. The van der Waals surface area contributed by atoms with Crippen molar-refractivity contribution in [3.05, 3.63) is 35.6 Å². The van der Waals surface area contributed by atoms with E-state index in [1.807, 2.05) is 0 Å². The van der Waals surface area contributed by atoms with Gasteiger partial charge in [0.05, 0.1) is 0 Å². The predicted octanol–water partition coefficient (Wildman–Crippen LogP) is 2.63. The van der Waals surface area contributed by atoms with Gasteiger partial charge in [0, 0.05) is 18.0 Å². The molecule has 0 bridgehead atoms. The van der Waals surface area contributed by atoms with Gasteiger partial charge in [-0.3, -0.25) is 0 Å². The first kappa shape index (κ1) is 10.7. The molecule has 0 aromatic heterocycles. The molecule has 0 aliphatic rings. The summed E-state index contributed by atoms with van der Waals surface area (Å²) in [5.41, 5.74) is 6.40. The molecule has 0 fully saturated rings. The van der Waals surface area contributed by atoms with E-state index in [9.17, 15) is 4.39 Å². The molecule has 1 rings (SSSR count). The molecule has 2 N–H and O–H groups in total. The monoisotopic (exact) mass is 191 g/mol. The molecule has 0 aliphatic carbocycles. The largest absolute Gasteiger partial charge is 0.324 e. The molecule has 0 aliphatic heterocycles. The summed E-state index contributed by atoms with van der Waals surface area (Å²) >= 11 is 0. The zero-order valence-corrected chi connectivity index (χ0v) is 8.04. The molecule has 0 spiro atoms. The van der Waals surface area contributed by atoms with Gasteiger partial charge in [0.2, 0.25) is 0 Å². The lowest BCUT2D eigenvalue weighted by Crippen LogP contribution is -2.11. The molecule has 0 saturated carbocycles. The van der Waals surface area contributed by atoms with Crippen LogP contribution in [0.5, 0.6) is 0 Å². The minimum atomic E-state index is -0.246. The lowest BCUT2D eigenvalue weighted by atomic mass is 10.0. The maximum atomic E-state index is 13.2. The van der Waals surface area contributed by atoms with Crippen LogP contribution in [-0.2, 0) is 0 Å². The van der Waals surface area contributed by atoms with Crippen LogP contribution in [0.4, 0.5) is 4.39 Å². The van der Waals surface area contributed by atoms with Gasteiger partial charge in [0.1, 0.15) is 5.82 Å². The molecule has 14 heavy (non-hydrogen) atoms. The van der Waals surface area contributed by atoms with E-state index in [0.717, 1.165) is 12.8 Å². The molecule has 2 heteroatoms. The third-order valence-electron chi connectivity index (χ3n) is 2.14. The summed E-state index contributed by atoms with van der Waals surface area (Å²) < 4.78 is 13.2. The van der Waals surface area contributed by atoms with Gasteiger partial charge in [0.25, 0.3) is 0 Å². The van der Waals surface area contributed by atoms with E-state index >= 15 is 0 Å². The van der Waals surface area contributed by atoms with Crippen molar-refractivity contribution < 1.29 is 4.39 Å². The van der Waals surface area contributed by atoms with E-state index in [1.165, 1.54) is 6.07 Å². The van der Waals surface area contributed by atoms with E-state index in [2.05, 4.69) is 5.92 Å². The molecule has 1 aromatic rings. The lowest BCUT2D eigenvalue weighted by molar-refractivity contribution is 0.554. The number of rotatable bonds is 4. The highest BCUT2D eigenvalue weighted by molar-refractivity contribution is 5.20. The van der Waals surface area contributed by atoms with Crippen LogP contribution in [0.25, 0.3) is 0 Å². The Morgan fingerprint density at radius 2 is 2.14 bits per heavy atom. The van der Waals surface area contributed by atoms with Crippen molar-refractivity contribution in [3.8, 4) is 12.3 Å². The Labute approximate surface area is 84.1 Å². The topological polar surface area (TPSA) is 26.0 Å². The number of halogens is 1. The number of terminal acetylenes is 1. The Morgan fingerprint density at radius 1 is 1.43 bits per heavy atom. The van der Waals surface area contributed by atoms with Crippen molar-refractivity contribution in [2.75, 3.05) is 0 Å². The number of hydrogen-bond donors (Lipinski definition) is 1. The van der Waals surface area contributed by atoms with Crippen LogP contribution in [0.15, 0.2) is 24.3 Å². The van der Waals surface area contributed by atoms with Crippen molar-refractivity contribution in [2.24, 2.45) is 5.73 Å². The van der Waals surface area contributed by atoms with Crippen molar-refractivity contribution in [2.45, 2.75) is 25.3 Å². The van der Waals surface area contributed by atoms with Gasteiger partial charge in [-0.15, -0.1) is 12.3 Å². The average molecular weight is 191 g/mol. The van der Waals surface area contributed by atoms with Gasteiger partial charge in [0.15, 0.2) is 0 Å². The minimum absolute atomic E-state index is 0.235. The van der Waals surface area contributed by atoms with Gasteiger partial charge in [-0.25, -0.2) is 4.39 Å². The molecule has 74 valence electrons. The summed E-state index contributed by atoms with van der Waals surface area (Å²) in [6.45, 7) is 0. The molecule has 1 nitrogen and oxygen atoms in total. The quantitative estimate of drug-likeness (QED) is 0.574. The fraction of sp³-hybridized carbons (Fsp3) is 0.333. The molecule has 1 unspecified atom stereocenters. The van der Waals surface area contributed by atoms with E-state index in [4.69, 9.17) is 12.2 Å².